The Morgan fingerprint density at radius 2 is 2.12 bits per heavy atom. The summed E-state index contributed by atoms with van der Waals surface area (Å²) in [6.45, 7) is 3.17. The first kappa shape index (κ1) is 12.0. The van der Waals surface area contributed by atoms with Crippen LogP contribution in [0.2, 0.25) is 0 Å². The van der Waals surface area contributed by atoms with Gasteiger partial charge in [-0.25, -0.2) is 0 Å². The van der Waals surface area contributed by atoms with Gasteiger partial charge >= 0.3 is 0 Å². The number of anilines is 1. The van der Waals surface area contributed by atoms with Gasteiger partial charge in [-0.1, -0.05) is 25.1 Å². The molecule has 1 atom stereocenters. The van der Waals surface area contributed by atoms with Crippen molar-refractivity contribution in [3.63, 3.8) is 0 Å². The van der Waals surface area contributed by atoms with Gasteiger partial charge in [0.15, 0.2) is 0 Å². The fraction of sp³-hybridized carbons (Fsp3) is 0.429. The van der Waals surface area contributed by atoms with Crippen LogP contribution in [-0.4, -0.2) is 22.8 Å². The summed E-state index contributed by atoms with van der Waals surface area (Å²) >= 11 is 0. The summed E-state index contributed by atoms with van der Waals surface area (Å²) in [6, 6.07) is 8.34. The Kier molecular flexibility index (Phi) is 3.69. The van der Waals surface area contributed by atoms with Crippen LogP contribution in [0.1, 0.15) is 13.3 Å². The summed E-state index contributed by atoms with van der Waals surface area (Å²) in [7, 11) is 2.05. The van der Waals surface area contributed by atoms with Crippen molar-refractivity contribution in [1.29, 1.82) is 0 Å². The lowest BCUT2D eigenvalue weighted by Crippen LogP contribution is -2.16. The van der Waals surface area contributed by atoms with Gasteiger partial charge in [0.05, 0.1) is 5.69 Å². The van der Waals surface area contributed by atoms with Gasteiger partial charge in [-0.2, -0.15) is 0 Å². The number of aliphatic hydroxyl groups is 1. The molecule has 0 radical (unpaired) electrons. The van der Waals surface area contributed by atoms with E-state index in [1.165, 1.54) is 10.9 Å². The van der Waals surface area contributed by atoms with Crippen molar-refractivity contribution >= 4 is 16.6 Å². The van der Waals surface area contributed by atoms with E-state index in [4.69, 9.17) is 0 Å². The van der Waals surface area contributed by atoms with E-state index in [2.05, 4.69) is 54.3 Å². The Morgan fingerprint density at radius 3 is 2.82 bits per heavy atom. The van der Waals surface area contributed by atoms with Crippen LogP contribution in [0, 0.1) is 5.92 Å². The van der Waals surface area contributed by atoms with Crippen molar-refractivity contribution in [2.24, 2.45) is 13.0 Å². The minimum absolute atomic E-state index is 0.244. The molecule has 1 aromatic carbocycles. The third-order valence-corrected chi connectivity index (χ3v) is 3.31. The fourth-order valence-corrected chi connectivity index (χ4v) is 2.07. The van der Waals surface area contributed by atoms with E-state index in [1.54, 1.807) is 0 Å². The first-order valence-electron chi connectivity index (χ1n) is 6.15. The maximum absolute atomic E-state index is 9.18. The van der Waals surface area contributed by atoms with Crippen LogP contribution in [0.4, 0.5) is 5.69 Å². The number of nitrogens with zero attached hydrogens (tertiary/aromatic N) is 1. The first-order chi connectivity index (χ1) is 8.26. The molecule has 1 unspecified atom stereocenters. The average molecular weight is 232 g/mol. The molecular weight excluding hydrogens is 212 g/mol. The van der Waals surface area contributed by atoms with E-state index < -0.39 is 0 Å². The lowest BCUT2D eigenvalue weighted by atomic mass is 10.1. The lowest BCUT2D eigenvalue weighted by Gasteiger charge is -2.12. The van der Waals surface area contributed by atoms with Gasteiger partial charge in [-0.05, 0) is 18.4 Å². The number of hydrogen-bond acceptors (Lipinski definition) is 2. The van der Waals surface area contributed by atoms with E-state index in [0.29, 0.717) is 5.92 Å². The standard InChI is InChI=1S/C14H20N2O/c1-3-11(10-17)8-15-13-9-16(2)14-7-5-4-6-12(13)14/h4-7,9,11,15,17H,3,8,10H2,1-2H3. The Hall–Kier alpha value is -1.48. The molecule has 0 aliphatic heterocycles. The summed E-state index contributed by atoms with van der Waals surface area (Å²) in [5.74, 6) is 0.328. The van der Waals surface area contributed by atoms with Gasteiger partial charge in [0.2, 0.25) is 0 Å². The highest BCUT2D eigenvalue weighted by Crippen LogP contribution is 2.25. The first-order valence-corrected chi connectivity index (χ1v) is 6.15. The topological polar surface area (TPSA) is 37.2 Å². The number of para-hydroxylation sites is 1. The predicted octanol–water partition coefficient (Wildman–Crippen LogP) is 2.61. The minimum atomic E-state index is 0.244. The summed E-state index contributed by atoms with van der Waals surface area (Å²) in [5, 5.41) is 13.8. The van der Waals surface area contributed by atoms with Gasteiger partial charge in [-0.3, -0.25) is 0 Å². The number of aromatic nitrogens is 1. The third kappa shape index (κ3) is 2.44. The largest absolute Gasteiger partial charge is 0.396 e. The van der Waals surface area contributed by atoms with Crippen molar-refractivity contribution in [3.05, 3.63) is 30.5 Å². The highest BCUT2D eigenvalue weighted by atomic mass is 16.3. The van der Waals surface area contributed by atoms with E-state index in [-0.39, 0.29) is 6.61 Å². The van der Waals surface area contributed by atoms with E-state index >= 15 is 0 Å². The number of rotatable bonds is 5. The average Bonchev–Trinajstić information content (AvgIpc) is 2.69. The van der Waals surface area contributed by atoms with Crippen molar-refractivity contribution in [2.75, 3.05) is 18.5 Å². The molecule has 0 spiro atoms. The second kappa shape index (κ2) is 5.23. The van der Waals surface area contributed by atoms with Crippen molar-refractivity contribution in [1.82, 2.24) is 4.57 Å². The molecule has 3 nitrogen and oxygen atoms in total. The third-order valence-electron chi connectivity index (χ3n) is 3.31. The number of hydrogen-bond donors (Lipinski definition) is 2. The SMILES string of the molecule is CCC(CO)CNc1cn(C)c2ccccc12. The molecule has 2 rings (SSSR count). The molecule has 0 saturated carbocycles. The number of benzene rings is 1. The smallest absolute Gasteiger partial charge is 0.0600 e. The van der Waals surface area contributed by atoms with E-state index in [1.807, 2.05) is 0 Å². The molecule has 0 fully saturated rings. The number of aliphatic hydroxyl groups excluding tert-OH is 1. The summed E-state index contributed by atoms with van der Waals surface area (Å²) in [5.41, 5.74) is 2.38. The maximum Gasteiger partial charge on any atom is 0.0600 e. The second-order valence-electron chi connectivity index (χ2n) is 4.51. The predicted molar refractivity (Wildman–Crippen MR) is 72.3 cm³/mol. The van der Waals surface area contributed by atoms with Gasteiger partial charge in [-0.15, -0.1) is 0 Å². The zero-order valence-corrected chi connectivity index (χ0v) is 10.5. The highest BCUT2D eigenvalue weighted by molar-refractivity contribution is 5.92. The summed E-state index contributed by atoms with van der Waals surface area (Å²) in [6.07, 6.45) is 3.10. The molecule has 1 aromatic heterocycles. The van der Waals surface area contributed by atoms with E-state index in [0.717, 1.165) is 18.7 Å². The normalized spacial score (nSPS) is 12.9. The summed E-state index contributed by atoms with van der Waals surface area (Å²) < 4.78 is 2.12. The van der Waals surface area contributed by atoms with Crippen LogP contribution in [0.5, 0.6) is 0 Å². The number of fused-ring (bicyclic) bond motifs is 1. The van der Waals surface area contributed by atoms with Crippen LogP contribution in [-0.2, 0) is 7.05 Å². The van der Waals surface area contributed by atoms with Crippen LogP contribution in [0.25, 0.3) is 10.9 Å². The molecule has 0 saturated heterocycles. The Balaban J connectivity index is 2.19. The van der Waals surface area contributed by atoms with Crippen LogP contribution >= 0.6 is 0 Å². The van der Waals surface area contributed by atoms with Crippen LogP contribution in [0.3, 0.4) is 0 Å². The molecule has 2 aromatic rings. The lowest BCUT2D eigenvalue weighted by molar-refractivity contribution is 0.230. The molecule has 2 N–H and O–H groups in total. The molecule has 0 aliphatic rings. The molecule has 0 amide bonds. The number of nitrogens with one attached hydrogen (secondary N) is 1. The van der Waals surface area contributed by atoms with Gasteiger partial charge in [0.1, 0.15) is 0 Å². The van der Waals surface area contributed by atoms with Crippen molar-refractivity contribution in [2.45, 2.75) is 13.3 Å². The molecule has 1 heterocycles. The minimum Gasteiger partial charge on any atom is -0.396 e. The zero-order chi connectivity index (χ0) is 12.3. The Bertz CT molecular complexity index is 486. The van der Waals surface area contributed by atoms with Crippen molar-refractivity contribution < 1.29 is 5.11 Å². The molecule has 3 heteroatoms. The number of aryl methyl sites for hydroxylation is 1. The molecule has 0 bridgehead atoms. The fourth-order valence-electron chi connectivity index (χ4n) is 2.07. The Morgan fingerprint density at radius 1 is 1.35 bits per heavy atom. The molecule has 0 aliphatic carbocycles. The van der Waals surface area contributed by atoms with Crippen LogP contribution in [0.15, 0.2) is 30.5 Å². The molecular formula is C14H20N2O. The second-order valence-corrected chi connectivity index (χ2v) is 4.51. The van der Waals surface area contributed by atoms with Gasteiger partial charge < -0.3 is 15.0 Å². The Labute approximate surface area is 102 Å². The zero-order valence-electron chi connectivity index (χ0n) is 10.5. The van der Waals surface area contributed by atoms with Crippen molar-refractivity contribution in [3.8, 4) is 0 Å². The summed E-state index contributed by atoms with van der Waals surface area (Å²) in [4.78, 5) is 0. The molecule has 92 valence electrons. The molecule has 17 heavy (non-hydrogen) atoms. The van der Waals surface area contributed by atoms with Gasteiger partial charge in [0.25, 0.3) is 0 Å². The monoisotopic (exact) mass is 232 g/mol. The quantitative estimate of drug-likeness (QED) is 0.831. The van der Waals surface area contributed by atoms with Crippen LogP contribution < -0.4 is 5.32 Å². The van der Waals surface area contributed by atoms with E-state index in [9.17, 15) is 5.11 Å². The highest BCUT2D eigenvalue weighted by Gasteiger charge is 2.08. The van der Waals surface area contributed by atoms with Gasteiger partial charge in [0, 0.05) is 37.3 Å². The maximum atomic E-state index is 9.18.